The van der Waals surface area contributed by atoms with Gasteiger partial charge < -0.3 is 5.73 Å². The molecule has 0 saturated heterocycles. The lowest BCUT2D eigenvalue weighted by atomic mass is 10.3. The Morgan fingerprint density at radius 1 is 1.82 bits per heavy atom. The van der Waals surface area contributed by atoms with Crippen LogP contribution in [0.2, 0.25) is 0 Å². The minimum Gasteiger partial charge on any atom is -0.387 e. The van der Waals surface area contributed by atoms with Crippen LogP contribution in [-0.4, -0.2) is 17.9 Å². The molecule has 0 bridgehead atoms. The topological polar surface area (TPSA) is 51.3 Å². The van der Waals surface area contributed by atoms with Gasteiger partial charge in [0.15, 0.2) is 0 Å². The first-order chi connectivity index (χ1) is 5.22. The Kier molecular flexibility index (Phi) is 2.59. The van der Waals surface area contributed by atoms with Crippen LogP contribution in [0.25, 0.3) is 0 Å². The van der Waals surface area contributed by atoms with Gasteiger partial charge in [-0.1, -0.05) is 0 Å². The molecule has 11 heavy (non-hydrogen) atoms. The number of hydrogen-bond donors (Lipinski definition) is 1. The van der Waals surface area contributed by atoms with E-state index in [1.165, 1.54) is 0 Å². The monoisotopic (exact) mass is 169 g/mol. The average Bonchev–Trinajstić information content (AvgIpc) is 2.35. The van der Waals surface area contributed by atoms with Crippen molar-refractivity contribution < 1.29 is 0 Å². The van der Waals surface area contributed by atoms with Gasteiger partial charge in [0.2, 0.25) is 0 Å². The molecule has 0 aromatic carbocycles. The first kappa shape index (κ1) is 8.20. The molecule has 3 nitrogen and oxygen atoms in total. The maximum Gasteiger partial charge on any atom is 0.0994 e. The molecule has 1 heterocycles. The normalized spacial score (nSPS) is 12.0. The van der Waals surface area contributed by atoms with E-state index >= 15 is 0 Å². The molecule has 0 radical (unpaired) electrons. The summed E-state index contributed by atoms with van der Waals surface area (Å²) >= 11 is 1.64. The smallest absolute Gasteiger partial charge is 0.0994 e. The molecule has 0 aliphatic heterocycles. The Balaban J connectivity index is 2.65. The van der Waals surface area contributed by atoms with Gasteiger partial charge in [0.05, 0.1) is 16.5 Å². The summed E-state index contributed by atoms with van der Waals surface area (Å²) in [6, 6.07) is 0. The number of hydrogen-bond acceptors (Lipinski definition) is 3. The largest absolute Gasteiger partial charge is 0.387 e. The van der Waals surface area contributed by atoms with E-state index in [-0.39, 0.29) is 0 Å². The molecule has 60 valence electrons. The highest BCUT2D eigenvalue weighted by atomic mass is 32.1. The van der Waals surface area contributed by atoms with E-state index in [1.807, 2.05) is 12.3 Å². The number of nitrogens with two attached hydrogens (primary N) is 1. The fourth-order valence-electron chi connectivity index (χ4n) is 0.754. The molecule has 0 aliphatic rings. The van der Waals surface area contributed by atoms with Crippen molar-refractivity contribution in [2.45, 2.75) is 13.3 Å². The second-order valence-corrected chi connectivity index (χ2v) is 3.31. The van der Waals surface area contributed by atoms with E-state index in [1.54, 1.807) is 18.4 Å². The van der Waals surface area contributed by atoms with E-state index < -0.39 is 0 Å². The molecule has 0 atom stereocenters. The van der Waals surface area contributed by atoms with Crippen molar-refractivity contribution in [3.63, 3.8) is 0 Å². The van der Waals surface area contributed by atoms with Crippen LogP contribution in [0.3, 0.4) is 0 Å². The second-order valence-electron chi connectivity index (χ2n) is 2.25. The van der Waals surface area contributed by atoms with Crippen LogP contribution >= 0.6 is 11.3 Å². The predicted molar refractivity (Wildman–Crippen MR) is 48.1 cm³/mol. The van der Waals surface area contributed by atoms with Gasteiger partial charge in [-0.25, -0.2) is 4.98 Å². The number of aryl methyl sites for hydroxylation is 1. The highest BCUT2D eigenvalue weighted by Gasteiger charge is 1.99. The van der Waals surface area contributed by atoms with Crippen molar-refractivity contribution in [1.29, 1.82) is 0 Å². The van der Waals surface area contributed by atoms with E-state index in [0.29, 0.717) is 12.3 Å². The highest BCUT2D eigenvalue weighted by Crippen LogP contribution is 2.07. The molecular weight excluding hydrogens is 158 g/mol. The summed E-state index contributed by atoms with van der Waals surface area (Å²) in [6.45, 7) is 1.98. The van der Waals surface area contributed by atoms with Crippen molar-refractivity contribution in [2.24, 2.45) is 10.7 Å². The summed E-state index contributed by atoms with van der Waals surface area (Å²) in [5.74, 6) is 0.635. The first-order valence-corrected chi connectivity index (χ1v) is 4.22. The van der Waals surface area contributed by atoms with Crippen LogP contribution < -0.4 is 5.73 Å². The molecule has 0 spiro atoms. The standard InChI is InChI=1S/C7H11N3S/c1-5-10-6(4-11-5)3-7(8)9-2/h4H,3H2,1-2H3,(H2,8,9). The zero-order valence-corrected chi connectivity index (χ0v) is 7.48. The van der Waals surface area contributed by atoms with E-state index in [9.17, 15) is 0 Å². The van der Waals surface area contributed by atoms with Crippen LogP contribution in [0, 0.1) is 6.92 Å². The molecule has 1 aromatic heterocycles. The maximum absolute atomic E-state index is 5.53. The zero-order chi connectivity index (χ0) is 8.27. The molecule has 1 rings (SSSR count). The summed E-state index contributed by atoms with van der Waals surface area (Å²) in [4.78, 5) is 8.11. The van der Waals surface area contributed by atoms with Crippen molar-refractivity contribution >= 4 is 17.2 Å². The first-order valence-electron chi connectivity index (χ1n) is 3.34. The third-order valence-electron chi connectivity index (χ3n) is 1.32. The Labute approximate surface area is 70.0 Å². The van der Waals surface area contributed by atoms with Gasteiger partial charge in [0.1, 0.15) is 0 Å². The van der Waals surface area contributed by atoms with Gasteiger partial charge in [-0.05, 0) is 6.92 Å². The summed E-state index contributed by atoms with van der Waals surface area (Å²) < 4.78 is 0. The minimum atomic E-state index is 0.635. The Morgan fingerprint density at radius 2 is 2.55 bits per heavy atom. The van der Waals surface area contributed by atoms with Gasteiger partial charge in [-0.3, -0.25) is 4.99 Å². The highest BCUT2D eigenvalue weighted by molar-refractivity contribution is 7.09. The minimum absolute atomic E-state index is 0.635. The van der Waals surface area contributed by atoms with Crippen LogP contribution in [-0.2, 0) is 6.42 Å². The maximum atomic E-state index is 5.53. The fraction of sp³-hybridized carbons (Fsp3) is 0.429. The lowest BCUT2D eigenvalue weighted by Crippen LogP contribution is -2.14. The van der Waals surface area contributed by atoms with Gasteiger partial charge in [-0.2, -0.15) is 0 Å². The van der Waals surface area contributed by atoms with Crippen LogP contribution in [0.1, 0.15) is 10.7 Å². The number of aromatic nitrogens is 1. The molecule has 1 aromatic rings. The Hall–Kier alpha value is -0.900. The van der Waals surface area contributed by atoms with Gasteiger partial charge in [0, 0.05) is 18.8 Å². The number of rotatable bonds is 2. The predicted octanol–water partition coefficient (Wildman–Crippen LogP) is 0.981. The third-order valence-corrected chi connectivity index (χ3v) is 2.14. The van der Waals surface area contributed by atoms with Crippen LogP contribution in [0.5, 0.6) is 0 Å². The van der Waals surface area contributed by atoms with Crippen LogP contribution in [0.15, 0.2) is 10.4 Å². The van der Waals surface area contributed by atoms with Crippen LogP contribution in [0.4, 0.5) is 0 Å². The summed E-state index contributed by atoms with van der Waals surface area (Å²) in [6.07, 6.45) is 0.667. The van der Waals surface area contributed by atoms with Gasteiger partial charge in [0.25, 0.3) is 0 Å². The number of aliphatic imine (C=N–C) groups is 1. The van der Waals surface area contributed by atoms with Crippen molar-refractivity contribution in [3.8, 4) is 0 Å². The molecule has 0 fully saturated rings. The van der Waals surface area contributed by atoms with Crippen molar-refractivity contribution in [1.82, 2.24) is 4.98 Å². The summed E-state index contributed by atoms with van der Waals surface area (Å²) in [7, 11) is 1.69. The quantitative estimate of drug-likeness (QED) is 0.530. The number of thiazole rings is 1. The molecule has 2 N–H and O–H groups in total. The van der Waals surface area contributed by atoms with E-state index in [4.69, 9.17) is 5.73 Å². The van der Waals surface area contributed by atoms with E-state index in [0.717, 1.165) is 10.7 Å². The van der Waals surface area contributed by atoms with Gasteiger partial charge >= 0.3 is 0 Å². The summed E-state index contributed by atoms with van der Waals surface area (Å²) in [5.41, 5.74) is 6.54. The van der Waals surface area contributed by atoms with Crippen molar-refractivity contribution in [2.75, 3.05) is 7.05 Å². The molecule has 0 amide bonds. The Bertz CT molecular complexity index is 264. The molecular formula is C7H11N3S. The van der Waals surface area contributed by atoms with Crippen molar-refractivity contribution in [3.05, 3.63) is 16.1 Å². The zero-order valence-electron chi connectivity index (χ0n) is 6.66. The molecule has 0 aliphatic carbocycles. The second kappa shape index (κ2) is 3.48. The van der Waals surface area contributed by atoms with Gasteiger partial charge in [-0.15, -0.1) is 11.3 Å². The third kappa shape index (κ3) is 2.31. The lowest BCUT2D eigenvalue weighted by molar-refractivity contribution is 1.13. The SMILES string of the molecule is CN=C(N)Cc1csc(C)n1. The summed E-state index contributed by atoms with van der Waals surface area (Å²) in [5, 5.41) is 3.08. The fourth-order valence-corrected chi connectivity index (χ4v) is 1.37. The average molecular weight is 169 g/mol. The molecule has 4 heteroatoms. The lowest BCUT2D eigenvalue weighted by Gasteiger charge is -1.93. The Morgan fingerprint density at radius 3 is 3.00 bits per heavy atom. The molecule has 0 unspecified atom stereocenters. The molecule has 0 saturated carbocycles. The number of amidine groups is 1. The van der Waals surface area contributed by atoms with E-state index in [2.05, 4.69) is 9.98 Å². The number of nitrogens with zero attached hydrogens (tertiary/aromatic N) is 2.